The molecule has 7 rings (SSSR count). The molecule has 7 atom stereocenters. The quantitative estimate of drug-likeness (QED) is 0.148. The van der Waals surface area contributed by atoms with Gasteiger partial charge in [0.2, 0.25) is 29.5 Å². The number of likely N-dealkylation sites (N-methyl/N-ethyl adjacent to an activating group) is 1. The molecule has 3 aromatic carbocycles. The zero-order valence-electron chi connectivity index (χ0n) is 38.5. The first-order chi connectivity index (χ1) is 31.4. The minimum absolute atomic E-state index is 0.0474. The molecule has 2 aliphatic heterocycles. The van der Waals surface area contributed by atoms with Gasteiger partial charge in [-0.2, -0.15) is 0 Å². The van der Waals surface area contributed by atoms with E-state index >= 15 is 0 Å². The number of nitrogens with one attached hydrogen (secondary N) is 4. The molecule has 344 valence electrons. The number of Topliss-reactive ketones (excluding diaryl/α,β-unsaturated/α-hetero) is 1. The first-order valence-electron chi connectivity index (χ1n) is 23.9. The van der Waals surface area contributed by atoms with Gasteiger partial charge in [-0.15, -0.1) is 0 Å². The molecule has 2 heterocycles. The molecule has 12 nitrogen and oxygen atoms in total. The van der Waals surface area contributed by atoms with Crippen LogP contribution in [-0.2, 0) is 48.0 Å². The van der Waals surface area contributed by atoms with E-state index in [4.69, 9.17) is 0 Å². The van der Waals surface area contributed by atoms with Crippen molar-refractivity contribution >= 4 is 35.3 Å². The lowest BCUT2D eigenvalue weighted by Crippen LogP contribution is -2.55. The lowest BCUT2D eigenvalue weighted by Gasteiger charge is -2.32. The van der Waals surface area contributed by atoms with E-state index in [2.05, 4.69) is 57.4 Å². The van der Waals surface area contributed by atoms with Gasteiger partial charge in [0.25, 0.3) is 0 Å². The molecule has 2 aliphatic carbocycles. The summed E-state index contributed by atoms with van der Waals surface area (Å²) < 4.78 is 0. The van der Waals surface area contributed by atoms with E-state index in [1.54, 1.807) is 37.6 Å². The minimum atomic E-state index is -0.944. The molecule has 0 saturated carbocycles. The van der Waals surface area contributed by atoms with Crippen molar-refractivity contribution in [3.05, 3.63) is 106 Å². The maximum atomic E-state index is 14.3. The number of amides is 5. The number of likely N-dealkylation sites (tertiary alicyclic amines) is 2. The Morgan fingerprint density at radius 2 is 1.28 bits per heavy atom. The van der Waals surface area contributed by atoms with Gasteiger partial charge in [-0.05, 0) is 124 Å². The number of benzene rings is 3. The van der Waals surface area contributed by atoms with Crippen molar-refractivity contribution < 1.29 is 28.8 Å². The van der Waals surface area contributed by atoms with Crippen molar-refractivity contribution in [3.8, 4) is 11.8 Å². The number of carbonyl (C=O) groups is 6. The fourth-order valence-corrected chi connectivity index (χ4v) is 10.1. The second-order valence-corrected chi connectivity index (χ2v) is 18.7. The summed E-state index contributed by atoms with van der Waals surface area (Å²) in [6.45, 7) is 6.16. The van der Waals surface area contributed by atoms with Gasteiger partial charge < -0.3 is 31.1 Å². The van der Waals surface area contributed by atoms with Gasteiger partial charge in [0.1, 0.15) is 18.1 Å². The van der Waals surface area contributed by atoms with Crippen LogP contribution in [0.3, 0.4) is 0 Å². The molecule has 5 amide bonds. The normalized spacial score (nSPS) is 21.5. The second-order valence-electron chi connectivity index (χ2n) is 18.7. The summed E-state index contributed by atoms with van der Waals surface area (Å²) >= 11 is 0. The predicted molar refractivity (Wildman–Crippen MR) is 250 cm³/mol. The Labute approximate surface area is 384 Å². The lowest BCUT2D eigenvalue weighted by atomic mass is 9.79. The van der Waals surface area contributed by atoms with E-state index in [9.17, 15) is 28.8 Å². The van der Waals surface area contributed by atoms with Gasteiger partial charge in [0.05, 0.1) is 18.1 Å². The summed E-state index contributed by atoms with van der Waals surface area (Å²) in [5.41, 5.74) is 6.40. The van der Waals surface area contributed by atoms with Crippen molar-refractivity contribution in [1.82, 2.24) is 31.1 Å². The van der Waals surface area contributed by atoms with Crippen LogP contribution in [0.5, 0.6) is 0 Å². The van der Waals surface area contributed by atoms with Crippen molar-refractivity contribution in [1.29, 1.82) is 0 Å². The molecule has 0 aromatic heterocycles. The topological polar surface area (TPSA) is 157 Å². The predicted octanol–water partition coefficient (Wildman–Crippen LogP) is 5.46. The van der Waals surface area contributed by atoms with Crippen LogP contribution >= 0.6 is 0 Å². The van der Waals surface area contributed by atoms with E-state index in [0.29, 0.717) is 50.8 Å². The van der Waals surface area contributed by atoms with E-state index in [1.165, 1.54) is 16.7 Å². The SMILES string of the molecule is CN[C@@H](C)C(=O)N[C@@H](CC#Cc1ccc(C[C@H](NC(=O)C(C)C)C(=O)N2CCC[C@H]2C(=O)N[C@@H]2CCCc3ccccc32)cc1)C(=O)N1CCC[C@H]1C(=O)C[C@@H]1CCCc2ccccc21. The minimum Gasteiger partial charge on any atom is -0.347 e. The summed E-state index contributed by atoms with van der Waals surface area (Å²) in [5, 5.41) is 12.1. The fourth-order valence-electron chi connectivity index (χ4n) is 10.1. The fraction of sp³-hybridized carbons (Fsp3) is 0.509. The van der Waals surface area contributed by atoms with Gasteiger partial charge >= 0.3 is 0 Å². The average molecular weight is 883 g/mol. The second kappa shape index (κ2) is 21.9. The zero-order valence-corrected chi connectivity index (χ0v) is 38.5. The Hall–Kier alpha value is -5.80. The summed E-state index contributed by atoms with van der Waals surface area (Å²) in [5.74, 6) is 4.80. The van der Waals surface area contributed by atoms with Crippen LogP contribution < -0.4 is 21.3 Å². The average Bonchev–Trinajstić information content (AvgIpc) is 4.03. The molecule has 0 unspecified atom stereocenters. The van der Waals surface area contributed by atoms with Crippen LogP contribution in [-0.4, -0.2) is 95.5 Å². The van der Waals surface area contributed by atoms with Crippen molar-refractivity contribution in [2.45, 2.75) is 146 Å². The highest BCUT2D eigenvalue weighted by atomic mass is 16.2. The van der Waals surface area contributed by atoms with E-state index in [1.807, 2.05) is 48.5 Å². The maximum Gasteiger partial charge on any atom is 0.246 e. The van der Waals surface area contributed by atoms with Crippen LogP contribution in [0.2, 0.25) is 0 Å². The van der Waals surface area contributed by atoms with Gasteiger partial charge in [0, 0.05) is 43.8 Å². The monoisotopic (exact) mass is 883 g/mol. The molecule has 4 N–H and O–H groups in total. The van der Waals surface area contributed by atoms with Crippen LogP contribution in [0.4, 0.5) is 0 Å². The van der Waals surface area contributed by atoms with Crippen molar-refractivity contribution in [2.75, 3.05) is 20.1 Å². The Morgan fingerprint density at radius 3 is 1.97 bits per heavy atom. The number of hydrogen-bond donors (Lipinski definition) is 4. The van der Waals surface area contributed by atoms with Gasteiger partial charge in [-0.3, -0.25) is 28.8 Å². The summed E-state index contributed by atoms with van der Waals surface area (Å²) in [6, 6.07) is 20.3. The molecular weight excluding hydrogens is 817 g/mol. The molecule has 12 heteroatoms. The first-order valence-corrected chi connectivity index (χ1v) is 23.9. The molecule has 65 heavy (non-hydrogen) atoms. The van der Waals surface area contributed by atoms with Crippen LogP contribution in [0.15, 0.2) is 72.8 Å². The molecule has 0 radical (unpaired) electrons. The van der Waals surface area contributed by atoms with E-state index in [0.717, 1.165) is 49.7 Å². The molecule has 3 aromatic rings. The smallest absolute Gasteiger partial charge is 0.246 e. The lowest BCUT2D eigenvalue weighted by molar-refractivity contribution is -0.142. The Bertz CT molecular complexity index is 2280. The Kier molecular flexibility index (Phi) is 15.9. The first kappa shape index (κ1) is 47.2. The van der Waals surface area contributed by atoms with E-state index < -0.39 is 30.2 Å². The molecular formula is C53H66N6O6. The summed E-state index contributed by atoms with van der Waals surface area (Å²) in [6.07, 6.45) is 9.05. The van der Waals surface area contributed by atoms with E-state index in [-0.39, 0.29) is 66.0 Å². The van der Waals surface area contributed by atoms with Crippen LogP contribution in [0.25, 0.3) is 0 Å². The standard InChI is InChI=1S/C53H66N6O6/c1-34(2)49(61)57-45(53(65)59-31-13-25-47(59)51(63)55-43-22-11-18-39-16-6-8-21-42(39)43)32-37-28-26-36(27-29-37)14-9-23-44(56-50(62)35(3)54-4)52(64)58-30-12-24-46(58)48(60)33-40-19-10-17-38-15-5-7-20-41(38)40/h5-8,15-16,20-21,26-29,34-35,40,43-47,54H,10-13,17-19,22-25,30-33H2,1-4H3,(H,55,63)(H,56,62)(H,57,61)/t35-,40-,43+,44-,45-,46-,47-/m0/s1. The number of rotatable bonds is 15. The number of aryl methyl sites for hydroxylation is 2. The maximum absolute atomic E-state index is 14.3. The Balaban J connectivity index is 1.01. The van der Waals surface area contributed by atoms with Gasteiger partial charge in [0.15, 0.2) is 5.78 Å². The number of nitrogens with zero attached hydrogens (tertiary/aromatic N) is 2. The van der Waals surface area contributed by atoms with Crippen molar-refractivity contribution in [2.24, 2.45) is 5.92 Å². The van der Waals surface area contributed by atoms with Gasteiger partial charge in [-0.25, -0.2) is 0 Å². The highest BCUT2D eigenvalue weighted by molar-refractivity contribution is 5.95. The molecule has 0 spiro atoms. The highest BCUT2D eigenvalue weighted by Crippen LogP contribution is 2.36. The Morgan fingerprint density at radius 1 is 0.677 bits per heavy atom. The van der Waals surface area contributed by atoms with Crippen LogP contribution in [0.1, 0.15) is 130 Å². The molecule has 0 bridgehead atoms. The van der Waals surface area contributed by atoms with Crippen molar-refractivity contribution in [3.63, 3.8) is 0 Å². The molecule has 2 fully saturated rings. The molecule has 2 saturated heterocycles. The van der Waals surface area contributed by atoms with Gasteiger partial charge in [-0.1, -0.05) is 86.4 Å². The number of hydrogen-bond acceptors (Lipinski definition) is 7. The highest BCUT2D eigenvalue weighted by Gasteiger charge is 2.40. The number of carbonyl (C=O) groups excluding carboxylic acids is 6. The largest absolute Gasteiger partial charge is 0.347 e. The zero-order chi connectivity index (χ0) is 46.0. The number of fused-ring (bicyclic) bond motifs is 2. The number of ketones is 1. The third-order valence-electron chi connectivity index (χ3n) is 13.9. The van der Waals surface area contributed by atoms with Crippen LogP contribution in [0, 0.1) is 17.8 Å². The third-order valence-corrected chi connectivity index (χ3v) is 13.9. The summed E-state index contributed by atoms with van der Waals surface area (Å²) in [7, 11) is 1.68. The summed E-state index contributed by atoms with van der Waals surface area (Å²) in [4.78, 5) is 85.7. The molecule has 4 aliphatic rings. The third kappa shape index (κ3) is 11.5.